The highest BCUT2D eigenvalue weighted by atomic mass is 16.5. The Morgan fingerprint density at radius 2 is 2.14 bits per heavy atom. The van der Waals surface area contributed by atoms with Crippen molar-refractivity contribution in [2.45, 2.75) is 45.4 Å². The Morgan fingerprint density at radius 1 is 1.36 bits per heavy atom. The van der Waals surface area contributed by atoms with E-state index in [9.17, 15) is 9.59 Å². The monoisotopic (exact) mass is 384 g/mol. The fourth-order valence-corrected chi connectivity index (χ4v) is 3.50. The lowest BCUT2D eigenvalue weighted by molar-refractivity contribution is -0.134. The Kier molecular flexibility index (Phi) is 6.49. The molecule has 1 heterocycles. The summed E-state index contributed by atoms with van der Waals surface area (Å²) in [5.74, 6) is 5.54. The van der Waals surface area contributed by atoms with Crippen LogP contribution in [0.2, 0.25) is 0 Å². The van der Waals surface area contributed by atoms with Crippen molar-refractivity contribution < 1.29 is 14.3 Å². The summed E-state index contributed by atoms with van der Waals surface area (Å²) in [5, 5.41) is 5.05. The van der Waals surface area contributed by atoms with Gasteiger partial charge in [0.05, 0.1) is 18.6 Å². The molecule has 2 aromatic rings. The van der Waals surface area contributed by atoms with Gasteiger partial charge in [0, 0.05) is 25.2 Å². The Morgan fingerprint density at radius 3 is 2.89 bits per heavy atom. The van der Waals surface area contributed by atoms with E-state index in [1.807, 2.05) is 30.0 Å². The van der Waals surface area contributed by atoms with Crippen LogP contribution >= 0.6 is 0 Å². The first-order valence-electron chi connectivity index (χ1n) is 9.72. The number of nitrogens with zero attached hydrogens (tertiary/aromatic N) is 1. The van der Waals surface area contributed by atoms with Crippen molar-refractivity contribution >= 4 is 22.6 Å². The number of nitrogens with two attached hydrogens (primary N) is 1. The van der Waals surface area contributed by atoms with Gasteiger partial charge in [0.2, 0.25) is 11.8 Å². The third-order valence-electron chi connectivity index (χ3n) is 5.24. The van der Waals surface area contributed by atoms with E-state index in [0.717, 1.165) is 28.5 Å². The quantitative estimate of drug-likeness (QED) is 0.384. The van der Waals surface area contributed by atoms with Crippen LogP contribution in [0, 0.1) is 0 Å². The molecule has 7 heteroatoms. The van der Waals surface area contributed by atoms with Gasteiger partial charge in [0.15, 0.2) is 0 Å². The minimum absolute atomic E-state index is 0.0225. The first kappa shape index (κ1) is 20.1. The zero-order valence-electron chi connectivity index (χ0n) is 16.4. The molecule has 28 heavy (non-hydrogen) atoms. The maximum absolute atomic E-state index is 12.4. The third kappa shape index (κ3) is 4.43. The second kappa shape index (κ2) is 9.03. The highest BCUT2D eigenvalue weighted by Gasteiger charge is 2.32. The van der Waals surface area contributed by atoms with Crippen LogP contribution < -0.4 is 21.3 Å². The SMILES string of the molecule is CCC(C)Oc1ccc2ccccc2c1CN1CCNC(=O)C1CC(=O)NN. The summed E-state index contributed by atoms with van der Waals surface area (Å²) in [7, 11) is 0. The Balaban J connectivity index is 1.97. The summed E-state index contributed by atoms with van der Waals surface area (Å²) in [6.45, 7) is 5.85. The van der Waals surface area contributed by atoms with Crippen molar-refractivity contribution in [2.24, 2.45) is 5.84 Å². The van der Waals surface area contributed by atoms with Crippen LogP contribution in [0.15, 0.2) is 36.4 Å². The smallest absolute Gasteiger partial charge is 0.237 e. The van der Waals surface area contributed by atoms with Gasteiger partial charge in [0.1, 0.15) is 5.75 Å². The lowest BCUT2D eigenvalue weighted by Gasteiger charge is -2.35. The molecular weight excluding hydrogens is 356 g/mol. The minimum atomic E-state index is -0.562. The summed E-state index contributed by atoms with van der Waals surface area (Å²) < 4.78 is 6.18. The molecule has 2 amide bonds. The van der Waals surface area contributed by atoms with Crippen molar-refractivity contribution in [3.05, 3.63) is 42.0 Å². The molecule has 0 radical (unpaired) electrons. The molecule has 0 aromatic heterocycles. The van der Waals surface area contributed by atoms with Gasteiger partial charge in [-0.05, 0) is 30.2 Å². The average molecular weight is 384 g/mol. The van der Waals surface area contributed by atoms with E-state index in [-0.39, 0.29) is 24.3 Å². The largest absolute Gasteiger partial charge is 0.490 e. The molecule has 1 aliphatic heterocycles. The predicted octanol–water partition coefficient (Wildman–Crippen LogP) is 1.70. The number of amides is 2. The second-order valence-electron chi connectivity index (χ2n) is 7.15. The first-order chi connectivity index (χ1) is 13.5. The van der Waals surface area contributed by atoms with Gasteiger partial charge in [-0.15, -0.1) is 0 Å². The molecule has 0 saturated carbocycles. The van der Waals surface area contributed by atoms with E-state index in [1.54, 1.807) is 0 Å². The van der Waals surface area contributed by atoms with Crippen LogP contribution in [0.4, 0.5) is 0 Å². The summed E-state index contributed by atoms with van der Waals surface area (Å²) >= 11 is 0. The molecule has 0 bridgehead atoms. The maximum atomic E-state index is 12.4. The summed E-state index contributed by atoms with van der Waals surface area (Å²) in [6.07, 6.45) is 1.01. The number of hydrogen-bond donors (Lipinski definition) is 3. The molecule has 7 nitrogen and oxygen atoms in total. The zero-order chi connectivity index (χ0) is 20.1. The highest BCUT2D eigenvalue weighted by molar-refractivity contribution is 5.89. The number of benzene rings is 2. The van der Waals surface area contributed by atoms with E-state index in [2.05, 4.69) is 35.9 Å². The van der Waals surface area contributed by atoms with E-state index >= 15 is 0 Å². The van der Waals surface area contributed by atoms with E-state index < -0.39 is 6.04 Å². The molecule has 4 N–H and O–H groups in total. The van der Waals surface area contributed by atoms with Gasteiger partial charge in [-0.1, -0.05) is 37.3 Å². The van der Waals surface area contributed by atoms with Crippen molar-refractivity contribution in [2.75, 3.05) is 13.1 Å². The van der Waals surface area contributed by atoms with Gasteiger partial charge >= 0.3 is 0 Å². The lowest BCUT2D eigenvalue weighted by atomic mass is 10.0. The van der Waals surface area contributed by atoms with Crippen molar-refractivity contribution in [3.63, 3.8) is 0 Å². The number of nitrogens with one attached hydrogen (secondary N) is 2. The predicted molar refractivity (Wildman–Crippen MR) is 108 cm³/mol. The van der Waals surface area contributed by atoms with Gasteiger partial charge < -0.3 is 10.1 Å². The molecule has 2 unspecified atom stereocenters. The average Bonchev–Trinajstić information content (AvgIpc) is 2.71. The second-order valence-corrected chi connectivity index (χ2v) is 7.15. The standard InChI is InChI=1S/C21H28N4O3/c1-3-14(2)28-19-9-8-15-6-4-5-7-16(15)17(19)13-25-11-10-23-21(27)18(25)12-20(26)24-22/h4-9,14,18H,3,10-13,22H2,1-2H3,(H,23,27)(H,24,26). The van der Waals surface area contributed by atoms with Gasteiger partial charge in [0.25, 0.3) is 0 Å². The normalized spacial score (nSPS) is 18.5. The van der Waals surface area contributed by atoms with E-state index in [1.165, 1.54) is 0 Å². The Labute approximate surface area is 165 Å². The van der Waals surface area contributed by atoms with Gasteiger partial charge in [-0.25, -0.2) is 5.84 Å². The molecule has 0 spiro atoms. The van der Waals surface area contributed by atoms with E-state index in [4.69, 9.17) is 10.6 Å². The molecule has 1 fully saturated rings. The van der Waals surface area contributed by atoms with Crippen LogP contribution in [0.5, 0.6) is 5.75 Å². The number of fused-ring (bicyclic) bond motifs is 1. The van der Waals surface area contributed by atoms with Crippen LogP contribution in [0.3, 0.4) is 0 Å². The molecular formula is C21H28N4O3. The van der Waals surface area contributed by atoms with Gasteiger partial charge in [-0.2, -0.15) is 0 Å². The molecule has 1 aliphatic rings. The third-order valence-corrected chi connectivity index (χ3v) is 5.24. The Hall–Kier alpha value is -2.64. The number of piperazine rings is 1. The van der Waals surface area contributed by atoms with Crippen molar-refractivity contribution in [3.8, 4) is 5.75 Å². The molecule has 1 saturated heterocycles. The van der Waals surface area contributed by atoms with Crippen LogP contribution in [-0.4, -0.2) is 41.9 Å². The maximum Gasteiger partial charge on any atom is 0.237 e. The number of hydrazine groups is 1. The topological polar surface area (TPSA) is 96.7 Å². The number of carbonyl (C=O) groups excluding carboxylic acids is 2. The van der Waals surface area contributed by atoms with Crippen LogP contribution in [0.1, 0.15) is 32.3 Å². The zero-order valence-corrected chi connectivity index (χ0v) is 16.4. The molecule has 0 aliphatic carbocycles. The van der Waals surface area contributed by atoms with E-state index in [0.29, 0.717) is 19.6 Å². The van der Waals surface area contributed by atoms with Crippen molar-refractivity contribution in [1.29, 1.82) is 0 Å². The molecule has 3 rings (SSSR count). The van der Waals surface area contributed by atoms with Crippen LogP contribution in [0.25, 0.3) is 10.8 Å². The fourth-order valence-electron chi connectivity index (χ4n) is 3.50. The highest BCUT2D eigenvalue weighted by Crippen LogP contribution is 2.31. The molecule has 150 valence electrons. The summed E-state index contributed by atoms with van der Waals surface area (Å²) in [6, 6.07) is 11.6. The van der Waals surface area contributed by atoms with Crippen molar-refractivity contribution in [1.82, 2.24) is 15.6 Å². The summed E-state index contributed by atoms with van der Waals surface area (Å²) in [4.78, 5) is 26.3. The number of rotatable bonds is 7. The number of hydrogen-bond acceptors (Lipinski definition) is 5. The van der Waals surface area contributed by atoms with Gasteiger partial charge in [-0.3, -0.25) is 19.9 Å². The molecule has 2 atom stereocenters. The minimum Gasteiger partial charge on any atom is -0.490 e. The van der Waals surface area contributed by atoms with Crippen LogP contribution in [-0.2, 0) is 16.1 Å². The summed E-state index contributed by atoms with van der Waals surface area (Å²) in [5.41, 5.74) is 3.16. The lowest BCUT2D eigenvalue weighted by Crippen LogP contribution is -2.56. The molecule has 2 aromatic carbocycles. The fraction of sp³-hybridized carbons (Fsp3) is 0.429. The first-order valence-corrected chi connectivity index (χ1v) is 9.72. The number of ether oxygens (including phenoxy) is 1. The number of carbonyl (C=O) groups is 2. The Bertz CT molecular complexity index is 855.